The van der Waals surface area contributed by atoms with Gasteiger partial charge in [-0.2, -0.15) is 0 Å². The van der Waals surface area contributed by atoms with E-state index in [9.17, 15) is 9.59 Å². The smallest absolute Gasteiger partial charge is 0.318 e. The summed E-state index contributed by atoms with van der Waals surface area (Å²) in [7, 11) is 0. The molecule has 136 valence electrons. The summed E-state index contributed by atoms with van der Waals surface area (Å²) >= 11 is 0. The minimum absolute atomic E-state index is 0.235. The molecule has 6 nitrogen and oxygen atoms in total. The van der Waals surface area contributed by atoms with Gasteiger partial charge in [-0.25, -0.2) is 4.79 Å². The SMILES string of the molecule is O=C(Nc1ccccc1)[C@H](Cc1ccccc1)NC(=O)N1CCOCC1. The summed E-state index contributed by atoms with van der Waals surface area (Å²) in [4.78, 5) is 27.0. The van der Waals surface area contributed by atoms with Crippen LogP contribution in [-0.2, 0) is 16.0 Å². The van der Waals surface area contributed by atoms with E-state index < -0.39 is 6.04 Å². The molecule has 0 unspecified atom stereocenters. The van der Waals surface area contributed by atoms with Crippen LogP contribution in [0.5, 0.6) is 0 Å². The van der Waals surface area contributed by atoms with E-state index in [-0.39, 0.29) is 11.9 Å². The molecular weight excluding hydrogens is 330 g/mol. The number of benzene rings is 2. The first-order chi connectivity index (χ1) is 12.7. The van der Waals surface area contributed by atoms with Crippen LogP contribution in [0.1, 0.15) is 5.56 Å². The largest absolute Gasteiger partial charge is 0.378 e. The van der Waals surface area contributed by atoms with Gasteiger partial charge in [-0.1, -0.05) is 48.5 Å². The molecule has 1 atom stereocenters. The number of hydrogen-bond donors (Lipinski definition) is 2. The maximum Gasteiger partial charge on any atom is 0.318 e. The highest BCUT2D eigenvalue weighted by atomic mass is 16.5. The van der Waals surface area contributed by atoms with Gasteiger partial charge in [0.2, 0.25) is 5.91 Å². The van der Waals surface area contributed by atoms with Gasteiger partial charge in [-0.05, 0) is 17.7 Å². The number of amides is 3. The maximum absolute atomic E-state index is 12.8. The first-order valence-electron chi connectivity index (χ1n) is 8.75. The van der Waals surface area contributed by atoms with E-state index in [2.05, 4.69) is 10.6 Å². The summed E-state index contributed by atoms with van der Waals surface area (Å²) in [6.45, 7) is 2.11. The van der Waals surface area contributed by atoms with Crippen LogP contribution in [0, 0.1) is 0 Å². The standard InChI is InChI=1S/C20H23N3O3/c24-19(21-17-9-5-2-6-10-17)18(15-16-7-3-1-4-8-16)22-20(25)23-11-13-26-14-12-23/h1-10,18H,11-15H2,(H,21,24)(H,22,25)/t18-/m0/s1. The van der Waals surface area contributed by atoms with E-state index in [1.54, 1.807) is 4.90 Å². The van der Waals surface area contributed by atoms with E-state index in [1.165, 1.54) is 0 Å². The Hall–Kier alpha value is -2.86. The van der Waals surface area contributed by atoms with Crippen molar-refractivity contribution in [1.29, 1.82) is 0 Å². The number of ether oxygens (including phenoxy) is 1. The molecule has 2 aromatic carbocycles. The summed E-state index contributed by atoms with van der Waals surface area (Å²) < 4.78 is 5.28. The van der Waals surface area contributed by atoms with Gasteiger partial charge in [0, 0.05) is 25.2 Å². The maximum atomic E-state index is 12.8. The quantitative estimate of drug-likeness (QED) is 0.866. The van der Waals surface area contributed by atoms with Gasteiger partial charge < -0.3 is 20.3 Å². The minimum atomic E-state index is -0.659. The Morgan fingerprint density at radius 1 is 0.962 bits per heavy atom. The van der Waals surface area contributed by atoms with Gasteiger partial charge in [-0.15, -0.1) is 0 Å². The molecule has 1 aliphatic rings. The van der Waals surface area contributed by atoms with Crippen molar-refractivity contribution in [3.8, 4) is 0 Å². The second kappa shape index (κ2) is 9.01. The molecule has 0 aromatic heterocycles. The van der Waals surface area contributed by atoms with Crippen LogP contribution in [0.15, 0.2) is 60.7 Å². The summed E-state index contributed by atoms with van der Waals surface area (Å²) in [5.41, 5.74) is 1.69. The normalized spacial score (nSPS) is 15.2. The fourth-order valence-electron chi connectivity index (χ4n) is 2.82. The van der Waals surface area contributed by atoms with Crippen molar-refractivity contribution in [3.05, 3.63) is 66.2 Å². The van der Waals surface area contributed by atoms with Crippen molar-refractivity contribution in [2.45, 2.75) is 12.5 Å². The number of anilines is 1. The predicted octanol–water partition coefficient (Wildman–Crippen LogP) is 2.28. The van der Waals surface area contributed by atoms with Crippen LogP contribution in [-0.4, -0.2) is 49.2 Å². The summed E-state index contributed by atoms with van der Waals surface area (Å²) in [6.07, 6.45) is 0.426. The lowest BCUT2D eigenvalue weighted by Gasteiger charge is -2.29. The third-order valence-corrected chi connectivity index (χ3v) is 4.24. The molecule has 3 amide bonds. The Bertz CT molecular complexity index is 716. The molecule has 2 aromatic rings. The molecule has 3 rings (SSSR count). The highest BCUT2D eigenvalue weighted by Crippen LogP contribution is 2.10. The molecule has 1 fully saturated rings. The van der Waals surface area contributed by atoms with Crippen molar-refractivity contribution in [3.63, 3.8) is 0 Å². The molecular formula is C20H23N3O3. The molecule has 0 saturated carbocycles. The van der Waals surface area contributed by atoms with E-state index in [4.69, 9.17) is 4.74 Å². The zero-order valence-electron chi connectivity index (χ0n) is 14.6. The van der Waals surface area contributed by atoms with Gasteiger partial charge in [0.05, 0.1) is 13.2 Å². The summed E-state index contributed by atoms with van der Waals surface area (Å²) in [5, 5.41) is 5.75. The van der Waals surface area contributed by atoms with E-state index in [1.807, 2.05) is 60.7 Å². The molecule has 0 spiro atoms. The number of carbonyl (C=O) groups excluding carboxylic acids is 2. The van der Waals surface area contributed by atoms with Crippen LogP contribution in [0.25, 0.3) is 0 Å². The molecule has 1 saturated heterocycles. The molecule has 0 aliphatic carbocycles. The monoisotopic (exact) mass is 353 g/mol. The molecule has 1 aliphatic heterocycles. The minimum Gasteiger partial charge on any atom is -0.378 e. The fourth-order valence-corrected chi connectivity index (χ4v) is 2.82. The van der Waals surface area contributed by atoms with Crippen LogP contribution in [0.2, 0.25) is 0 Å². The highest BCUT2D eigenvalue weighted by Gasteiger charge is 2.25. The number of para-hydroxylation sites is 1. The zero-order chi connectivity index (χ0) is 18.2. The lowest BCUT2D eigenvalue weighted by Crippen LogP contribution is -2.53. The Labute approximate surface area is 153 Å². The van der Waals surface area contributed by atoms with Crippen LogP contribution >= 0.6 is 0 Å². The van der Waals surface area contributed by atoms with Gasteiger partial charge in [-0.3, -0.25) is 4.79 Å². The Morgan fingerprint density at radius 3 is 2.23 bits per heavy atom. The molecule has 0 radical (unpaired) electrons. The second-order valence-corrected chi connectivity index (χ2v) is 6.15. The van der Waals surface area contributed by atoms with Gasteiger partial charge in [0.15, 0.2) is 0 Å². The second-order valence-electron chi connectivity index (χ2n) is 6.15. The average Bonchev–Trinajstić information content (AvgIpc) is 2.69. The number of hydrogen-bond acceptors (Lipinski definition) is 3. The van der Waals surface area contributed by atoms with Crippen molar-refractivity contribution < 1.29 is 14.3 Å². The van der Waals surface area contributed by atoms with E-state index >= 15 is 0 Å². The Balaban J connectivity index is 1.70. The van der Waals surface area contributed by atoms with Crippen LogP contribution < -0.4 is 10.6 Å². The molecule has 0 bridgehead atoms. The fraction of sp³-hybridized carbons (Fsp3) is 0.300. The van der Waals surface area contributed by atoms with Crippen molar-refractivity contribution >= 4 is 17.6 Å². The third-order valence-electron chi connectivity index (χ3n) is 4.24. The van der Waals surface area contributed by atoms with Crippen molar-refractivity contribution in [2.75, 3.05) is 31.6 Å². The number of urea groups is 1. The van der Waals surface area contributed by atoms with Crippen molar-refractivity contribution in [1.82, 2.24) is 10.2 Å². The Morgan fingerprint density at radius 2 is 1.58 bits per heavy atom. The lowest BCUT2D eigenvalue weighted by atomic mass is 10.1. The van der Waals surface area contributed by atoms with Crippen LogP contribution in [0.3, 0.4) is 0 Å². The van der Waals surface area contributed by atoms with Gasteiger partial charge >= 0.3 is 6.03 Å². The number of nitrogens with one attached hydrogen (secondary N) is 2. The lowest BCUT2D eigenvalue weighted by molar-refractivity contribution is -0.118. The summed E-state index contributed by atoms with van der Waals surface area (Å²) in [6, 6.07) is 18.0. The zero-order valence-corrected chi connectivity index (χ0v) is 14.6. The predicted molar refractivity (Wildman–Crippen MR) is 99.9 cm³/mol. The number of rotatable bonds is 5. The third kappa shape index (κ3) is 5.07. The van der Waals surface area contributed by atoms with E-state index in [0.29, 0.717) is 38.4 Å². The van der Waals surface area contributed by atoms with Crippen molar-refractivity contribution in [2.24, 2.45) is 0 Å². The first-order valence-corrected chi connectivity index (χ1v) is 8.75. The summed E-state index contributed by atoms with van der Waals surface area (Å²) in [5.74, 6) is -0.235. The first kappa shape index (κ1) is 17.9. The number of morpholine rings is 1. The van der Waals surface area contributed by atoms with E-state index in [0.717, 1.165) is 5.56 Å². The van der Waals surface area contributed by atoms with Gasteiger partial charge in [0.25, 0.3) is 0 Å². The molecule has 6 heteroatoms. The average molecular weight is 353 g/mol. The topological polar surface area (TPSA) is 70.7 Å². The number of carbonyl (C=O) groups is 2. The highest BCUT2D eigenvalue weighted by molar-refractivity contribution is 5.97. The van der Waals surface area contributed by atoms with Gasteiger partial charge in [0.1, 0.15) is 6.04 Å². The number of nitrogens with zero attached hydrogens (tertiary/aromatic N) is 1. The molecule has 1 heterocycles. The van der Waals surface area contributed by atoms with Crippen LogP contribution in [0.4, 0.5) is 10.5 Å². The molecule has 26 heavy (non-hydrogen) atoms. The Kier molecular flexibility index (Phi) is 6.22. The molecule has 2 N–H and O–H groups in total.